The van der Waals surface area contributed by atoms with Gasteiger partial charge in [-0.25, -0.2) is 0 Å². The molecule has 1 atom stereocenters. The minimum absolute atomic E-state index is 0.0357. The second-order valence-corrected chi connectivity index (χ2v) is 9.98. The summed E-state index contributed by atoms with van der Waals surface area (Å²) in [5, 5.41) is 6.16. The van der Waals surface area contributed by atoms with E-state index < -0.39 is 0 Å². The molecule has 1 aliphatic heterocycles. The van der Waals surface area contributed by atoms with E-state index in [2.05, 4.69) is 56.8 Å². The van der Waals surface area contributed by atoms with Crippen molar-refractivity contribution in [3.63, 3.8) is 0 Å². The number of nitrogens with zero attached hydrogens (tertiary/aromatic N) is 2. The fourth-order valence-electron chi connectivity index (χ4n) is 4.17. The molecule has 1 saturated heterocycles. The average molecular weight is 451 g/mol. The molecule has 2 amide bonds. The lowest BCUT2D eigenvalue weighted by Gasteiger charge is -2.25. The molecule has 2 aromatic carbocycles. The zero-order valence-electron chi connectivity index (χ0n) is 20.4. The molecule has 3 rings (SSSR count). The molecule has 0 spiro atoms. The monoisotopic (exact) mass is 450 g/mol. The molecule has 0 unspecified atom stereocenters. The van der Waals surface area contributed by atoms with Gasteiger partial charge in [-0.1, -0.05) is 54.6 Å². The Bertz CT molecular complexity index is 906. The van der Waals surface area contributed by atoms with Crippen LogP contribution in [0.15, 0.2) is 54.6 Å². The van der Waals surface area contributed by atoms with Crippen molar-refractivity contribution in [2.24, 2.45) is 0 Å². The minimum Gasteiger partial charge on any atom is -0.350 e. The molecular formula is C27H38N4O2. The number of carbonyl (C=O) groups is 2. The Balaban J connectivity index is 1.45. The third kappa shape index (κ3) is 8.30. The van der Waals surface area contributed by atoms with Crippen molar-refractivity contribution in [3.05, 3.63) is 60.2 Å². The first-order chi connectivity index (χ1) is 15.7. The molecule has 6 heteroatoms. The fourth-order valence-corrected chi connectivity index (χ4v) is 4.17. The number of nitrogens with one attached hydrogen (secondary N) is 2. The average Bonchev–Trinajstić information content (AvgIpc) is 2.98. The van der Waals surface area contributed by atoms with Crippen LogP contribution in [-0.4, -0.2) is 66.4 Å². The SMILES string of the molecule is C[C@H](NC(=O)CN1CCCN(CC(=O)NC(C)(C)C)CC1)c1ccc(-c2ccccc2)cc1. The van der Waals surface area contributed by atoms with Gasteiger partial charge in [0.1, 0.15) is 0 Å². The van der Waals surface area contributed by atoms with Gasteiger partial charge in [0.2, 0.25) is 11.8 Å². The molecule has 0 bridgehead atoms. The molecule has 6 nitrogen and oxygen atoms in total. The van der Waals surface area contributed by atoms with Crippen LogP contribution in [0.4, 0.5) is 0 Å². The van der Waals surface area contributed by atoms with Gasteiger partial charge in [0.15, 0.2) is 0 Å². The predicted octanol–water partition coefficient (Wildman–Crippen LogP) is 3.45. The summed E-state index contributed by atoms with van der Waals surface area (Å²) in [5.41, 5.74) is 3.23. The largest absolute Gasteiger partial charge is 0.350 e. The molecule has 178 valence electrons. The van der Waals surface area contributed by atoms with Gasteiger partial charge in [0, 0.05) is 18.6 Å². The smallest absolute Gasteiger partial charge is 0.234 e. The minimum atomic E-state index is -0.217. The molecule has 33 heavy (non-hydrogen) atoms. The molecule has 2 aromatic rings. The first kappa shape index (κ1) is 24.9. The van der Waals surface area contributed by atoms with Crippen molar-refractivity contribution >= 4 is 11.8 Å². The molecule has 0 radical (unpaired) electrons. The van der Waals surface area contributed by atoms with Crippen LogP contribution in [0, 0.1) is 0 Å². The maximum Gasteiger partial charge on any atom is 0.234 e. The van der Waals surface area contributed by atoms with E-state index in [1.54, 1.807) is 0 Å². The number of hydrogen-bond donors (Lipinski definition) is 2. The summed E-state index contributed by atoms with van der Waals surface area (Å²) in [6.45, 7) is 12.1. The van der Waals surface area contributed by atoms with Crippen LogP contribution in [0.3, 0.4) is 0 Å². The molecule has 1 aliphatic rings. The van der Waals surface area contributed by atoms with E-state index in [-0.39, 0.29) is 23.4 Å². The van der Waals surface area contributed by atoms with Crippen molar-refractivity contribution in [1.29, 1.82) is 0 Å². The van der Waals surface area contributed by atoms with Gasteiger partial charge >= 0.3 is 0 Å². The maximum absolute atomic E-state index is 12.7. The van der Waals surface area contributed by atoms with Crippen LogP contribution >= 0.6 is 0 Å². The van der Waals surface area contributed by atoms with Gasteiger partial charge in [-0.15, -0.1) is 0 Å². The first-order valence-corrected chi connectivity index (χ1v) is 11.9. The summed E-state index contributed by atoms with van der Waals surface area (Å²) < 4.78 is 0. The van der Waals surface area contributed by atoms with Gasteiger partial charge in [0.25, 0.3) is 0 Å². The van der Waals surface area contributed by atoms with Crippen LogP contribution in [-0.2, 0) is 9.59 Å². The highest BCUT2D eigenvalue weighted by molar-refractivity contribution is 5.79. The van der Waals surface area contributed by atoms with Crippen LogP contribution in [0.5, 0.6) is 0 Å². The number of rotatable bonds is 7. The summed E-state index contributed by atoms with van der Waals surface area (Å²) in [6, 6.07) is 18.6. The van der Waals surface area contributed by atoms with Gasteiger partial charge in [-0.2, -0.15) is 0 Å². The Morgan fingerprint density at radius 1 is 0.818 bits per heavy atom. The summed E-state index contributed by atoms with van der Waals surface area (Å²) in [4.78, 5) is 29.3. The molecular weight excluding hydrogens is 412 g/mol. The predicted molar refractivity (Wildman–Crippen MR) is 134 cm³/mol. The number of hydrogen-bond acceptors (Lipinski definition) is 4. The Hall–Kier alpha value is -2.70. The molecule has 1 heterocycles. The van der Waals surface area contributed by atoms with Crippen LogP contribution in [0.25, 0.3) is 11.1 Å². The van der Waals surface area contributed by atoms with Crippen LogP contribution in [0.1, 0.15) is 45.7 Å². The standard InChI is InChI=1S/C27H38N4O2/c1-21(22-11-13-24(14-12-22)23-9-6-5-7-10-23)28-25(32)19-30-15-8-16-31(18-17-30)20-26(33)29-27(2,3)4/h5-7,9-14,21H,8,15-20H2,1-4H3,(H,28,32)(H,29,33)/t21-/m0/s1. The second kappa shape index (κ2) is 11.4. The first-order valence-electron chi connectivity index (χ1n) is 11.9. The molecule has 0 aliphatic carbocycles. The van der Waals surface area contributed by atoms with Gasteiger partial charge in [-0.05, 0) is 63.9 Å². The Morgan fingerprint density at radius 3 is 1.94 bits per heavy atom. The highest BCUT2D eigenvalue weighted by Gasteiger charge is 2.21. The number of carbonyl (C=O) groups excluding carboxylic acids is 2. The third-order valence-electron chi connectivity index (χ3n) is 5.83. The molecule has 0 aromatic heterocycles. The lowest BCUT2D eigenvalue weighted by Crippen LogP contribution is -2.46. The van der Waals surface area contributed by atoms with Crippen molar-refractivity contribution < 1.29 is 9.59 Å². The maximum atomic E-state index is 12.7. The molecule has 0 saturated carbocycles. The summed E-state index contributed by atoms with van der Waals surface area (Å²) in [7, 11) is 0. The van der Waals surface area contributed by atoms with Gasteiger partial charge < -0.3 is 10.6 Å². The van der Waals surface area contributed by atoms with Gasteiger partial charge in [-0.3, -0.25) is 19.4 Å². The highest BCUT2D eigenvalue weighted by Crippen LogP contribution is 2.21. The van der Waals surface area contributed by atoms with E-state index in [4.69, 9.17) is 0 Å². The Morgan fingerprint density at radius 2 is 1.36 bits per heavy atom. The Labute approximate surface area is 198 Å². The lowest BCUT2D eigenvalue weighted by molar-refractivity contribution is -0.124. The third-order valence-corrected chi connectivity index (χ3v) is 5.83. The number of benzene rings is 2. The van der Waals surface area contributed by atoms with Crippen molar-refractivity contribution in [2.45, 2.75) is 45.7 Å². The summed E-state index contributed by atoms with van der Waals surface area (Å²) >= 11 is 0. The summed E-state index contributed by atoms with van der Waals surface area (Å²) in [6.07, 6.45) is 0.951. The second-order valence-electron chi connectivity index (χ2n) is 9.98. The summed E-state index contributed by atoms with van der Waals surface area (Å²) in [5.74, 6) is 0.0920. The normalized spacial score (nSPS) is 16.6. The zero-order chi connectivity index (χ0) is 23.8. The van der Waals surface area contributed by atoms with E-state index in [9.17, 15) is 9.59 Å². The lowest BCUT2D eigenvalue weighted by atomic mass is 10.0. The van der Waals surface area contributed by atoms with E-state index in [0.717, 1.165) is 38.2 Å². The molecule has 1 fully saturated rings. The fraction of sp³-hybridized carbons (Fsp3) is 0.481. The zero-order valence-corrected chi connectivity index (χ0v) is 20.4. The van der Waals surface area contributed by atoms with Crippen LogP contribution < -0.4 is 10.6 Å². The van der Waals surface area contributed by atoms with E-state index in [0.29, 0.717) is 13.1 Å². The van der Waals surface area contributed by atoms with E-state index in [1.807, 2.05) is 45.9 Å². The van der Waals surface area contributed by atoms with Crippen molar-refractivity contribution in [1.82, 2.24) is 20.4 Å². The van der Waals surface area contributed by atoms with Gasteiger partial charge in [0.05, 0.1) is 19.1 Å². The van der Waals surface area contributed by atoms with E-state index >= 15 is 0 Å². The molecule has 2 N–H and O–H groups in total. The topological polar surface area (TPSA) is 64.7 Å². The van der Waals surface area contributed by atoms with Crippen LogP contribution in [0.2, 0.25) is 0 Å². The number of amides is 2. The highest BCUT2D eigenvalue weighted by atomic mass is 16.2. The van der Waals surface area contributed by atoms with Crippen molar-refractivity contribution in [3.8, 4) is 11.1 Å². The Kier molecular flexibility index (Phi) is 8.64. The van der Waals surface area contributed by atoms with E-state index in [1.165, 1.54) is 11.1 Å². The van der Waals surface area contributed by atoms with Crippen molar-refractivity contribution in [2.75, 3.05) is 39.3 Å². The quantitative estimate of drug-likeness (QED) is 0.678.